The van der Waals surface area contributed by atoms with E-state index in [1.54, 1.807) is 35.9 Å². The monoisotopic (exact) mass is 634 g/mol. The van der Waals surface area contributed by atoms with Crippen molar-refractivity contribution >= 4 is 17.6 Å². The molecule has 0 bridgehead atoms. The first-order valence-corrected chi connectivity index (χ1v) is 14.5. The van der Waals surface area contributed by atoms with Crippen molar-refractivity contribution < 1.29 is 32.3 Å². The lowest BCUT2D eigenvalue weighted by Crippen LogP contribution is -2.55. The average Bonchev–Trinajstić information content (AvgIpc) is 3.42. The highest BCUT2D eigenvalue weighted by Crippen LogP contribution is 2.44. The average molecular weight is 635 g/mol. The van der Waals surface area contributed by atoms with Gasteiger partial charge in [0, 0.05) is 36.7 Å². The van der Waals surface area contributed by atoms with Crippen molar-refractivity contribution in [1.82, 2.24) is 20.0 Å². The molecule has 3 aromatic carbocycles. The standard InChI is InChI=1S/C33H30F4N6O3/c1-2-42-31-28(26(19-41(20-38)16-7-17-44)40-43(31)25-10-4-3-5-11-25)27(21-12-14-24(34)15-13-21)29(32(42)46)39-30(45)22-8-6-9-23(18-22)33(35,36)37/h3-6,8-15,18,27,29,44H,2,7,16-17,19H2,1H3,(H,39,45). The number of aliphatic hydroxyl groups excluding tert-OH is 1. The Labute approximate surface area is 262 Å². The SMILES string of the molecule is CCN1C(=O)C(NC(=O)c2cccc(C(F)(F)F)c2)C(c2ccc(F)cc2)c2c(CN(C#N)CCCO)nn(-c3ccccc3)c21. The molecule has 0 spiro atoms. The smallest absolute Gasteiger partial charge is 0.396 e. The summed E-state index contributed by atoms with van der Waals surface area (Å²) in [5, 5.41) is 26.8. The quantitative estimate of drug-likeness (QED) is 0.144. The van der Waals surface area contributed by atoms with Crippen LogP contribution in [0.5, 0.6) is 0 Å². The molecular formula is C33H30F4N6O3. The Bertz CT molecular complexity index is 1750. The number of hydrogen-bond donors (Lipinski definition) is 2. The number of halogens is 4. The Hall–Kier alpha value is -5.22. The van der Waals surface area contributed by atoms with Gasteiger partial charge in [-0.25, -0.2) is 9.07 Å². The molecule has 0 aliphatic carbocycles. The van der Waals surface area contributed by atoms with E-state index in [-0.39, 0.29) is 31.8 Å². The molecule has 46 heavy (non-hydrogen) atoms. The minimum Gasteiger partial charge on any atom is -0.396 e. The van der Waals surface area contributed by atoms with Crippen LogP contribution < -0.4 is 10.2 Å². The zero-order valence-electron chi connectivity index (χ0n) is 24.7. The summed E-state index contributed by atoms with van der Waals surface area (Å²) in [4.78, 5) is 30.7. The summed E-state index contributed by atoms with van der Waals surface area (Å²) in [6, 6.07) is 16.9. The van der Waals surface area contributed by atoms with E-state index in [2.05, 4.69) is 11.5 Å². The lowest BCUT2D eigenvalue weighted by molar-refractivity contribution is -0.137. The van der Waals surface area contributed by atoms with Gasteiger partial charge in [-0.3, -0.25) is 14.5 Å². The Balaban J connectivity index is 1.71. The molecule has 4 aromatic rings. The largest absolute Gasteiger partial charge is 0.416 e. The van der Waals surface area contributed by atoms with Crippen LogP contribution in [0.3, 0.4) is 0 Å². The van der Waals surface area contributed by atoms with E-state index in [0.29, 0.717) is 40.8 Å². The van der Waals surface area contributed by atoms with E-state index in [1.165, 1.54) is 40.1 Å². The molecule has 1 aromatic heterocycles. The molecular weight excluding hydrogens is 604 g/mol. The molecule has 13 heteroatoms. The Kier molecular flexibility index (Phi) is 9.39. The summed E-state index contributed by atoms with van der Waals surface area (Å²) in [5.74, 6) is -2.58. The molecule has 0 saturated heterocycles. The number of aromatic nitrogens is 2. The predicted molar refractivity (Wildman–Crippen MR) is 160 cm³/mol. The number of benzene rings is 3. The van der Waals surface area contributed by atoms with Crippen molar-refractivity contribution in [2.75, 3.05) is 24.6 Å². The van der Waals surface area contributed by atoms with Gasteiger partial charge in [-0.1, -0.05) is 36.4 Å². The number of para-hydroxylation sites is 1. The van der Waals surface area contributed by atoms with Gasteiger partial charge in [0.15, 0.2) is 6.19 Å². The van der Waals surface area contributed by atoms with Gasteiger partial charge in [0.05, 0.1) is 23.5 Å². The van der Waals surface area contributed by atoms with Crippen LogP contribution >= 0.6 is 0 Å². The highest BCUT2D eigenvalue weighted by atomic mass is 19.4. The third-order valence-electron chi connectivity index (χ3n) is 7.76. The first-order valence-electron chi connectivity index (χ1n) is 14.5. The second kappa shape index (κ2) is 13.4. The molecule has 0 radical (unpaired) electrons. The minimum atomic E-state index is -4.69. The van der Waals surface area contributed by atoms with Gasteiger partial charge >= 0.3 is 6.18 Å². The highest BCUT2D eigenvalue weighted by molar-refractivity contribution is 6.05. The zero-order chi connectivity index (χ0) is 33.0. The van der Waals surface area contributed by atoms with Crippen LogP contribution in [0.4, 0.5) is 23.4 Å². The maximum Gasteiger partial charge on any atom is 0.416 e. The van der Waals surface area contributed by atoms with E-state index in [9.17, 15) is 37.5 Å². The maximum atomic E-state index is 14.3. The highest BCUT2D eigenvalue weighted by Gasteiger charge is 2.46. The second-order valence-corrected chi connectivity index (χ2v) is 10.7. The van der Waals surface area contributed by atoms with Crippen LogP contribution in [-0.2, 0) is 17.5 Å². The summed E-state index contributed by atoms with van der Waals surface area (Å²) in [7, 11) is 0. The van der Waals surface area contributed by atoms with Crippen molar-refractivity contribution in [2.45, 2.75) is 38.0 Å². The van der Waals surface area contributed by atoms with Gasteiger partial charge in [-0.15, -0.1) is 0 Å². The number of carbonyl (C=O) groups excluding carboxylic acids is 2. The fourth-order valence-electron chi connectivity index (χ4n) is 5.64. The van der Waals surface area contributed by atoms with Crippen LogP contribution in [0.15, 0.2) is 78.9 Å². The van der Waals surface area contributed by atoms with Crippen LogP contribution in [0, 0.1) is 17.3 Å². The minimum absolute atomic E-state index is 0.0175. The molecule has 1 aliphatic rings. The van der Waals surface area contributed by atoms with Crippen LogP contribution in [0.2, 0.25) is 0 Å². The maximum absolute atomic E-state index is 14.3. The number of rotatable bonds is 10. The summed E-state index contributed by atoms with van der Waals surface area (Å²) in [5.41, 5.74) is 0.600. The number of nitriles is 1. The van der Waals surface area contributed by atoms with E-state index in [4.69, 9.17) is 5.10 Å². The van der Waals surface area contributed by atoms with E-state index in [0.717, 1.165) is 12.1 Å². The number of nitrogens with one attached hydrogen (secondary N) is 1. The topological polar surface area (TPSA) is 114 Å². The van der Waals surface area contributed by atoms with Crippen LogP contribution in [-0.4, -0.2) is 57.3 Å². The normalized spacial score (nSPS) is 16.1. The van der Waals surface area contributed by atoms with E-state index >= 15 is 0 Å². The number of carbonyl (C=O) groups is 2. The van der Waals surface area contributed by atoms with Crippen molar-refractivity contribution in [2.24, 2.45) is 0 Å². The summed E-state index contributed by atoms with van der Waals surface area (Å²) in [6.45, 7) is 1.93. The number of alkyl halides is 3. The number of anilines is 1. The van der Waals surface area contributed by atoms with Crippen molar-refractivity contribution in [3.8, 4) is 11.9 Å². The molecule has 1 aliphatic heterocycles. The third kappa shape index (κ3) is 6.43. The number of hydrogen-bond acceptors (Lipinski definition) is 6. The second-order valence-electron chi connectivity index (χ2n) is 10.7. The van der Waals surface area contributed by atoms with Crippen molar-refractivity contribution in [1.29, 1.82) is 5.26 Å². The summed E-state index contributed by atoms with van der Waals surface area (Å²) >= 11 is 0. The molecule has 2 atom stereocenters. The van der Waals surface area contributed by atoms with Gasteiger partial charge in [0.25, 0.3) is 11.8 Å². The van der Waals surface area contributed by atoms with Crippen molar-refractivity contribution in [3.05, 3.63) is 113 Å². The Morgan fingerprint density at radius 3 is 2.43 bits per heavy atom. The number of aliphatic hydroxyl groups is 1. The van der Waals surface area contributed by atoms with E-state index < -0.39 is 41.3 Å². The fourth-order valence-corrected chi connectivity index (χ4v) is 5.64. The first kappa shape index (κ1) is 32.2. The summed E-state index contributed by atoms with van der Waals surface area (Å²) in [6.07, 6.45) is -2.28. The molecule has 0 saturated carbocycles. The lowest BCUT2D eigenvalue weighted by Gasteiger charge is -2.38. The van der Waals surface area contributed by atoms with Gasteiger partial charge < -0.3 is 15.3 Å². The van der Waals surface area contributed by atoms with Gasteiger partial charge in [-0.2, -0.15) is 23.5 Å². The van der Waals surface area contributed by atoms with Crippen LogP contribution in [0.1, 0.15) is 52.0 Å². The molecule has 2 unspecified atom stereocenters. The predicted octanol–water partition coefficient (Wildman–Crippen LogP) is 4.99. The number of amides is 2. The molecule has 0 fully saturated rings. The molecule has 238 valence electrons. The van der Waals surface area contributed by atoms with Gasteiger partial charge in [-0.05, 0) is 61.4 Å². The fraction of sp³-hybridized carbons (Fsp3) is 0.273. The summed E-state index contributed by atoms with van der Waals surface area (Å²) < 4.78 is 56.1. The first-order chi connectivity index (χ1) is 22.1. The van der Waals surface area contributed by atoms with Gasteiger partial charge in [0.1, 0.15) is 17.7 Å². The van der Waals surface area contributed by atoms with Gasteiger partial charge in [0.2, 0.25) is 0 Å². The lowest BCUT2D eigenvalue weighted by atomic mass is 9.80. The Morgan fingerprint density at radius 1 is 1.09 bits per heavy atom. The Morgan fingerprint density at radius 2 is 1.80 bits per heavy atom. The molecule has 5 rings (SSSR count). The zero-order valence-corrected chi connectivity index (χ0v) is 24.7. The third-order valence-corrected chi connectivity index (χ3v) is 7.76. The molecule has 2 heterocycles. The van der Waals surface area contributed by atoms with Crippen molar-refractivity contribution in [3.63, 3.8) is 0 Å². The number of nitrogens with zero attached hydrogens (tertiary/aromatic N) is 5. The number of fused-ring (bicyclic) bond motifs is 1. The molecule has 2 N–H and O–H groups in total. The molecule has 9 nitrogen and oxygen atoms in total. The number of likely N-dealkylation sites (N-methyl/N-ethyl adjacent to an activating group) is 1. The molecule has 2 amide bonds. The van der Waals surface area contributed by atoms with Crippen LogP contribution in [0.25, 0.3) is 5.69 Å². The van der Waals surface area contributed by atoms with E-state index in [1.807, 2.05) is 6.07 Å².